The number of aryl methyl sites for hydroxylation is 1. The minimum atomic E-state index is -0.211. The van der Waals surface area contributed by atoms with Crippen molar-refractivity contribution < 1.29 is 0 Å². The third-order valence-corrected chi connectivity index (χ3v) is 2.90. The summed E-state index contributed by atoms with van der Waals surface area (Å²) in [5.74, 6) is 0. The van der Waals surface area contributed by atoms with Gasteiger partial charge in [0.2, 0.25) is 0 Å². The molecule has 5 nitrogen and oxygen atoms in total. The zero-order valence-electron chi connectivity index (χ0n) is 9.94. The van der Waals surface area contributed by atoms with Gasteiger partial charge in [-0.15, -0.1) is 11.3 Å². The molecule has 6 heteroatoms. The van der Waals surface area contributed by atoms with Crippen LogP contribution >= 0.6 is 11.3 Å². The third kappa shape index (κ3) is 2.71. The zero-order valence-corrected chi connectivity index (χ0v) is 10.8. The van der Waals surface area contributed by atoms with Gasteiger partial charge in [0, 0.05) is 11.4 Å². The summed E-state index contributed by atoms with van der Waals surface area (Å²) in [6.07, 6.45) is 0. The van der Waals surface area contributed by atoms with Crippen LogP contribution in [-0.2, 0) is 0 Å². The van der Waals surface area contributed by atoms with Gasteiger partial charge in [-0.05, 0) is 26.8 Å². The van der Waals surface area contributed by atoms with E-state index in [2.05, 4.69) is 20.5 Å². The van der Waals surface area contributed by atoms with E-state index in [0.29, 0.717) is 17.3 Å². The summed E-state index contributed by atoms with van der Waals surface area (Å²) in [5, 5.41) is 12.2. The zero-order chi connectivity index (χ0) is 12.4. The normalized spacial score (nSPS) is 10.8. The Bertz CT molecular complexity index is 573. The van der Waals surface area contributed by atoms with E-state index in [1.54, 1.807) is 6.07 Å². The summed E-state index contributed by atoms with van der Waals surface area (Å²) in [5.41, 5.74) is 1.80. The SMILES string of the molecule is Cc1cc(-c2csc(NC(C)C)n2)c(=O)[nH]n1. The molecule has 0 radical (unpaired) electrons. The van der Waals surface area contributed by atoms with Gasteiger partial charge < -0.3 is 5.32 Å². The van der Waals surface area contributed by atoms with Crippen molar-refractivity contribution in [1.29, 1.82) is 0 Å². The predicted octanol–water partition coefficient (Wildman–Crippen LogP) is 2.02. The molecule has 17 heavy (non-hydrogen) atoms. The topological polar surface area (TPSA) is 70.7 Å². The number of hydrogen-bond acceptors (Lipinski definition) is 5. The molecule has 0 aliphatic carbocycles. The van der Waals surface area contributed by atoms with Gasteiger partial charge in [-0.1, -0.05) is 0 Å². The Balaban J connectivity index is 2.37. The average molecular weight is 250 g/mol. The van der Waals surface area contributed by atoms with Crippen molar-refractivity contribution in [2.24, 2.45) is 0 Å². The van der Waals surface area contributed by atoms with Crippen molar-refractivity contribution in [3.8, 4) is 11.3 Å². The number of H-pyrrole nitrogens is 1. The van der Waals surface area contributed by atoms with Crippen LogP contribution < -0.4 is 10.9 Å². The van der Waals surface area contributed by atoms with E-state index in [0.717, 1.165) is 10.8 Å². The molecule has 2 N–H and O–H groups in total. The predicted molar refractivity (Wildman–Crippen MR) is 69.5 cm³/mol. The van der Waals surface area contributed by atoms with Crippen LogP contribution in [0.25, 0.3) is 11.3 Å². The van der Waals surface area contributed by atoms with Crippen molar-refractivity contribution in [1.82, 2.24) is 15.2 Å². The number of nitrogens with zero attached hydrogens (tertiary/aromatic N) is 2. The quantitative estimate of drug-likeness (QED) is 0.874. The number of aromatic amines is 1. The number of aromatic nitrogens is 3. The Morgan fingerprint density at radius 3 is 2.94 bits per heavy atom. The molecule has 0 amide bonds. The van der Waals surface area contributed by atoms with Gasteiger partial charge in [0.15, 0.2) is 5.13 Å². The van der Waals surface area contributed by atoms with Crippen LogP contribution in [0, 0.1) is 6.92 Å². The van der Waals surface area contributed by atoms with Crippen LogP contribution in [0.3, 0.4) is 0 Å². The smallest absolute Gasteiger partial charge is 0.273 e. The highest BCUT2D eigenvalue weighted by molar-refractivity contribution is 7.14. The van der Waals surface area contributed by atoms with Gasteiger partial charge in [0.1, 0.15) is 0 Å². The first-order valence-corrected chi connectivity index (χ1v) is 6.23. The molecule has 0 atom stereocenters. The molecule has 0 bridgehead atoms. The lowest BCUT2D eigenvalue weighted by atomic mass is 10.2. The molecule has 0 unspecified atom stereocenters. The number of thiazole rings is 1. The summed E-state index contributed by atoms with van der Waals surface area (Å²) in [6.45, 7) is 5.92. The first kappa shape index (κ1) is 11.8. The molecule has 0 saturated carbocycles. The fraction of sp³-hybridized carbons (Fsp3) is 0.364. The van der Waals surface area contributed by atoms with E-state index >= 15 is 0 Å². The highest BCUT2D eigenvalue weighted by atomic mass is 32.1. The van der Waals surface area contributed by atoms with Gasteiger partial charge in [0.25, 0.3) is 5.56 Å². The second-order valence-corrected chi connectivity index (χ2v) is 4.95. The van der Waals surface area contributed by atoms with Crippen LogP contribution in [0.15, 0.2) is 16.2 Å². The summed E-state index contributed by atoms with van der Waals surface area (Å²) in [6, 6.07) is 2.07. The van der Waals surface area contributed by atoms with E-state index in [9.17, 15) is 4.79 Å². The number of anilines is 1. The van der Waals surface area contributed by atoms with E-state index in [1.165, 1.54) is 11.3 Å². The fourth-order valence-corrected chi connectivity index (χ4v) is 2.26. The number of hydrogen-bond donors (Lipinski definition) is 2. The molecule has 2 aromatic rings. The molecule has 2 heterocycles. The lowest BCUT2D eigenvalue weighted by molar-refractivity contribution is 0.896. The highest BCUT2D eigenvalue weighted by Gasteiger charge is 2.09. The summed E-state index contributed by atoms with van der Waals surface area (Å²) < 4.78 is 0. The first-order valence-electron chi connectivity index (χ1n) is 5.35. The highest BCUT2D eigenvalue weighted by Crippen LogP contribution is 2.23. The number of nitrogens with one attached hydrogen (secondary N) is 2. The van der Waals surface area contributed by atoms with Crippen molar-refractivity contribution in [2.75, 3.05) is 5.32 Å². The maximum Gasteiger partial charge on any atom is 0.273 e. The molecule has 0 saturated heterocycles. The van der Waals surface area contributed by atoms with Gasteiger partial charge >= 0.3 is 0 Å². The van der Waals surface area contributed by atoms with Gasteiger partial charge in [-0.2, -0.15) is 5.10 Å². The van der Waals surface area contributed by atoms with E-state index in [1.807, 2.05) is 26.2 Å². The van der Waals surface area contributed by atoms with Crippen LogP contribution in [0.4, 0.5) is 5.13 Å². The van der Waals surface area contributed by atoms with Crippen LogP contribution in [0.1, 0.15) is 19.5 Å². The second-order valence-electron chi connectivity index (χ2n) is 4.09. The summed E-state index contributed by atoms with van der Waals surface area (Å²) in [4.78, 5) is 16.0. The molecule has 0 aliphatic rings. The Morgan fingerprint density at radius 1 is 1.47 bits per heavy atom. The maximum atomic E-state index is 11.6. The van der Waals surface area contributed by atoms with E-state index in [4.69, 9.17) is 0 Å². The maximum absolute atomic E-state index is 11.6. The monoisotopic (exact) mass is 250 g/mol. The van der Waals surface area contributed by atoms with Crippen molar-refractivity contribution >= 4 is 16.5 Å². The van der Waals surface area contributed by atoms with Crippen LogP contribution in [0.2, 0.25) is 0 Å². The van der Waals surface area contributed by atoms with Gasteiger partial charge in [0.05, 0.1) is 17.0 Å². The molecular weight excluding hydrogens is 236 g/mol. The second kappa shape index (κ2) is 4.67. The standard InChI is InChI=1S/C11H14N4OS/c1-6(2)12-11-13-9(5-17-11)8-4-7(3)14-15-10(8)16/h4-6H,1-3H3,(H,12,13)(H,15,16). The lowest BCUT2D eigenvalue weighted by Crippen LogP contribution is -2.12. The van der Waals surface area contributed by atoms with Crippen molar-refractivity contribution in [2.45, 2.75) is 26.8 Å². The Hall–Kier alpha value is -1.69. The van der Waals surface area contributed by atoms with E-state index in [-0.39, 0.29) is 5.56 Å². The average Bonchev–Trinajstić information content (AvgIpc) is 2.69. The van der Waals surface area contributed by atoms with Crippen molar-refractivity contribution in [3.63, 3.8) is 0 Å². The van der Waals surface area contributed by atoms with Crippen LogP contribution in [-0.4, -0.2) is 21.2 Å². The molecule has 0 aromatic carbocycles. The minimum Gasteiger partial charge on any atom is -0.359 e. The molecule has 2 rings (SSSR count). The van der Waals surface area contributed by atoms with Gasteiger partial charge in [-0.3, -0.25) is 4.79 Å². The molecule has 0 spiro atoms. The molecular formula is C11H14N4OS. The van der Waals surface area contributed by atoms with Crippen LogP contribution in [0.5, 0.6) is 0 Å². The molecule has 90 valence electrons. The molecule has 2 aromatic heterocycles. The van der Waals surface area contributed by atoms with Crippen molar-refractivity contribution in [3.05, 3.63) is 27.5 Å². The lowest BCUT2D eigenvalue weighted by Gasteiger charge is -2.04. The Labute approximate surface area is 103 Å². The fourth-order valence-electron chi connectivity index (χ4n) is 1.41. The largest absolute Gasteiger partial charge is 0.359 e. The van der Waals surface area contributed by atoms with E-state index < -0.39 is 0 Å². The Kier molecular flexibility index (Phi) is 3.23. The van der Waals surface area contributed by atoms with Gasteiger partial charge in [-0.25, -0.2) is 10.1 Å². The summed E-state index contributed by atoms with van der Waals surface area (Å²) >= 11 is 1.49. The summed E-state index contributed by atoms with van der Waals surface area (Å²) in [7, 11) is 0. The Morgan fingerprint density at radius 2 is 2.24 bits per heavy atom. The number of rotatable bonds is 3. The third-order valence-electron chi connectivity index (χ3n) is 2.12. The molecule has 0 fully saturated rings. The minimum absolute atomic E-state index is 0.211. The first-order chi connectivity index (χ1) is 8.06. The molecule has 0 aliphatic heterocycles.